The predicted octanol–water partition coefficient (Wildman–Crippen LogP) is 2.77. The molecule has 1 aliphatic rings. The van der Waals surface area contributed by atoms with Crippen LogP contribution in [0.2, 0.25) is 0 Å². The number of hydrogen-bond acceptors (Lipinski definition) is 3. The smallest absolute Gasteiger partial charge is 0.308 e. The average Bonchev–Trinajstić information content (AvgIpc) is 2.38. The SMILES string of the molecule is COc1cccc(N2CC(C(=O)O)CCC2(C)C)c1. The largest absolute Gasteiger partial charge is 0.497 e. The molecule has 19 heavy (non-hydrogen) atoms. The topological polar surface area (TPSA) is 49.8 Å². The Kier molecular flexibility index (Phi) is 3.69. The van der Waals surface area contributed by atoms with E-state index in [0.29, 0.717) is 6.54 Å². The molecule has 1 aromatic carbocycles. The van der Waals surface area contributed by atoms with Gasteiger partial charge in [0.05, 0.1) is 13.0 Å². The van der Waals surface area contributed by atoms with Crippen molar-refractivity contribution >= 4 is 11.7 Å². The molecule has 1 N–H and O–H groups in total. The van der Waals surface area contributed by atoms with Crippen LogP contribution in [0.1, 0.15) is 26.7 Å². The number of rotatable bonds is 3. The molecule has 1 heterocycles. The van der Waals surface area contributed by atoms with Gasteiger partial charge in [-0.25, -0.2) is 0 Å². The van der Waals surface area contributed by atoms with Crippen LogP contribution in [0.3, 0.4) is 0 Å². The van der Waals surface area contributed by atoms with E-state index in [9.17, 15) is 9.90 Å². The lowest BCUT2D eigenvalue weighted by molar-refractivity contribution is -0.142. The summed E-state index contributed by atoms with van der Waals surface area (Å²) in [6.07, 6.45) is 1.62. The van der Waals surface area contributed by atoms with Crippen molar-refractivity contribution in [2.24, 2.45) is 5.92 Å². The minimum Gasteiger partial charge on any atom is -0.497 e. The van der Waals surface area contributed by atoms with Gasteiger partial charge in [-0.15, -0.1) is 0 Å². The van der Waals surface area contributed by atoms with E-state index < -0.39 is 5.97 Å². The Morgan fingerprint density at radius 3 is 2.84 bits per heavy atom. The Labute approximate surface area is 114 Å². The zero-order chi connectivity index (χ0) is 14.0. The van der Waals surface area contributed by atoms with Crippen LogP contribution in [0.15, 0.2) is 24.3 Å². The summed E-state index contributed by atoms with van der Waals surface area (Å²) in [6, 6.07) is 7.81. The molecule has 1 aliphatic heterocycles. The first-order valence-corrected chi connectivity index (χ1v) is 6.58. The number of anilines is 1. The van der Waals surface area contributed by atoms with Gasteiger partial charge in [0.15, 0.2) is 0 Å². The Bertz CT molecular complexity index is 470. The summed E-state index contributed by atoms with van der Waals surface area (Å²) >= 11 is 0. The third-order valence-corrected chi connectivity index (χ3v) is 3.95. The van der Waals surface area contributed by atoms with Crippen LogP contribution in [-0.2, 0) is 4.79 Å². The fourth-order valence-electron chi connectivity index (χ4n) is 2.66. The van der Waals surface area contributed by atoms with Gasteiger partial charge in [-0.05, 0) is 38.8 Å². The standard InChI is InChI=1S/C15H21NO3/c1-15(2)8-7-11(14(17)18)10-16(15)12-5-4-6-13(9-12)19-3/h4-6,9,11H,7-8,10H2,1-3H3,(H,17,18). The van der Waals surface area contributed by atoms with E-state index in [1.54, 1.807) is 7.11 Å². The van der Waals surface area contributed by atoms with Crippen molar-refractivity contribution in [3.8, 4) is 5.75 Å². The molecule has 0 saturated carbocycles. The second-order valence-corrected chi connectivity index (χ2v) is 5.70. The monoisotopic (exact) mass is 263 g/mol. The lowest BCUT2D eigenvalue weighted by Gasteiger charge is -2.46. The summed E-state index contributed by atoms with van der Waals surface area (Å²) in [4.78, 5) is 13.4. The van der Waals surface area contributed by atoms with Gasteiger partial charge in [0.25, 0.3) is 0 Å². The molecule has 4 nitrogen and oxygen atoms in total. The predicted molar refractivity (Wildman–Crippen MR) is 74.8 cm³/mol. The number of methoxy groups -OCH3 is 1. The molecule has 0 radical (unpaired) electrons. The zero-order valence-corrected chi connectivity index (χ0v) is 11.7. The first-order chi connectivity index (χ1) is 8.94. The minimum atomic E-state index is -0.705. The number of carboxylic acids is 1. The highest BCUT2D eigenvalue weighted by Crippen LogP contribution is 2.36. The van der Waals surface area contributed by atoms with Crippen molar-refractivity contribution in [1.82, 2.24) is 0 Å². The first-order valence-electron chi connectivity index (χ1n) is 6.58. The number of benzene rings is 1. The van der Waals surface area contributed by atoms with Gasteiger partial charge in [-0.1, -0.05) is 6.07 Å². The number of piperidine rings is 1. The Balaban J connectivity index is 2.30. The third-order valence-electron chi connectivity index (χ3n) is 3.95. The molecule has 0 bridgehead atoms. The minimum absolute atomic E-state index is 0.0294. The van der Waals surface area contributed by atoms with Crippen molar-refractivity contribution in [2.45, 2.75) is 32.2 Å². The summed E-state index contributed by atoms with van der Waals surface area (Å²) in [5.41, 5.74) is 0.994. The highest BCUT2D eigenvalue weighted by Gasteiger charge is 2.37. The fourth-order valence-corrected chi connectivity index (χ4v) is 2.66. The number of carboxylic acid groups (broad SMARTS) is 1. The quantitative estimate of drug-likeness (QED) is 0.911. The molecule has 0 aromatic heterocycles. The van der Waals surface area contributed by atoms with E-state index in [-0.39, 0.29) is 11.5 Å². The third kappa shape index (κ3) is 2.83. The molecule has 1 saturated heterocycles. The van der Waals surface area contributed by atoms with Gasteiger partial charge in [0.1, 0.15) is 5.75 Å². The molecule has 1 fully saturated rings. The van der Waals surface area contributed by atoms with Gasteiger partial charge < -0.3 is 14.7 Å². The maximum Gasteiger partial charge on any atom is 0.308 e. The Morgan fingerprint density at radius 2 is 2.21 bits per heavy atom. The molecule has 0 spiro atoms. The molecule has 1 aromatic rings. The van der Waals surface area contributed by atoms with Crippen molar-refractivity contribution in [1.29, 1.82) is 0 Å². The Hall–Kier alpha value is -1.71. The second-order valence-electron chi connectivity index (χ2n) is 5.70. The van der Waals surface area contributed by atoms with Crippen molar-refractivity contribution in [2.75, 3.05) is 18.6 Å². The summed E-state index contributed by atoms with van der Waals surface area (Å²) < 4.78 is 5.25. The molecule has 104 valence electrons. The molecule has 0 aliphatic carbocycles. The van der Waals surface area contributed by atoms with Crippen molar-refractivity contribution < 1.29 is 14.6 Å². The molecule has 0 amide bonds. The Morgan fingerprint density at radius 1 is 1.47 bits per heavy atom. The number of hydrogen-bond donors (Lipinski definition) is 1. The van der Waals surface area contributed by atoms with E-state index >= 15 is 0 Å². The maximum atomic E-state index is 11.2. The molecule has 1 atom stereocenters. The van der Waals surface area contributed by atoms with E-state index in [4.69, 9.17) is 4.74 Å². The molecule has 1 unspecified atom stereocenters. The lowest BCUT2D eigenvalue weighted by Crippen LogP contribution is -2.52. The van der Waals surface area contributed by atoms with E-state index in [2.05, 4.69) is 18.7 Å². The van der Waals surface area contributed by atoms with Crippen LogP contribution in [-0.4, -0.2) is 30.3 Å². The van der Waals surface area contributed by atoms with Crippen LogP contribution < -0.4 is 9.64 Å². The van der Waals surface area contributed by atoms with Gasteiger partial charge in [-0.3, -0.25) is 4.79 Å². The first kappa shape index (κ1) is 13.7. The van der Waals surface area contributed by atoms with E-state index in [0.717, 1.165) is 24.3 Å². The average molecular weight is 263 g/mol. The molecule has 4 heteroatoms. The molecular weight excluding hydrogens is 242 g/mol. The van der Waals surface area contributed by atoms with Crippen LogP contribution in [0.4, 0.5) is 5.69 Å². The number of ether oxygens (including phenoxy) is 1. The van der Waals surface area contributed by atoms with Gasteiger partial charge in [-0.2, -0.15) is 0 Å². The normalized spacial score (nSPS) is 22.1. The highest BCUT2D eigenvalue weighted by atomic mass is 16.5. The fraction of sp³-hybridized carbons (Fsp3) is 0.533. The zero-order valence-electron chi connectivity index (χ0n) is 11.7. The van der Waals surface area contributed by atoms with Gasteiger partial charge >= 0.3 is 5.97 Å². The summed E-state index contributed by atoms with van der Waals surface area (Å²) in [6.45, 7) is 4.87. The number of carbonyl (C=O) groups is 1. The summed E-state index contributed by atoms with van der Waals surface area (Å²) in [7, 11) is 1.64. The van der Waals surface area contributed by atoms with Crippen LogP contribution in [0, 0.1) is 5.92 Å². The van der Waals surface area contributed by atoms with Crippen LogP contribution >= 0.6 is 0 Å². The summed E-state index contributed by atoms with van der Waals surface area (Å²) in [5, 5.41) is 9.22. The van der Waals surface area contributed by atoms with Gasteiger partial charge in [0.2, 0.25) is 0 Å². The maximum absolute atomic E-state index is 11.2. The number of nitrogens with zero attached hydrogens (tertiary/aromatic N) is 1. The lowest BCUT2D eigenvalue weighted by atomic mass is 9.84. The second kappa shape index (κ2) is 5.11. The van der Waals surface area contributed by atoms with Gasteiger partial charge in [0, 0.05) is 23.8 Å². The highest BCUT2D eigenvalue weighted by molar-refractivity contribution is 5.71. The molecule has 2 rings (SSSR count). The van der Waals surface area contributed by atoms with Crippen LogP contribution in [0.5, 0.6) is 5.75 Å². The van der Waals surface area contributed by atoms with Crippen molar-refractivity contribution in [3.63, 3.8) is 0 Å². The summed E-state index contributed by atoms with van der Waals surface area (Å²) in [5.74, 6) is -0.201. The number of aliphatic carboxylic acids is 1. The van der Waals surface area contributed by atoms with Crippen LogP contribution in [0.25, 0.3) is 0 Å². The van der Waals surface area contributed by atoms with Crippen molar-refractivity contribution in [3.05, 3.63) is 24.3 Å². The van der Waals surface area contributed by atoms with E-state index in [1.807, 2.05) is 24.3 Å². The molecular formula is C15H21NO3. The van der Waals surface area contributed by atoms with E-state index in [1.165, 1.54) is 0 Å².